The van der Waals surface area contributed by atoms with Gasteiger partial charge in [0.05, 0.1) is 6.61 Å². The molecule has 0 aliphatic carbocycles. The molecule has 0 aromatic heterocycles. The third-order valence-electron chi connectivity index (χ3n) is 2.82. The molecule has 0 radical (unpaired) electrons. The van der Waals surface area contributed by atoms with Crippen LogP contribution in [0.15, 0.2) is 0 Å². The molecule has 0 heterocycles. The molecule has 0 rings (SSSR count). The average Bonchev–Trinajstić information content (AvgIpc) is 2.14. The van der Waals surface area contributed by atoms with E-state index in [-0.39, 0.29) is 11.9 Å². The fourth-order valence-corrected chi connectivity index (χ4v) is 1.42. The largest absolute Gasteiger partial charge is 0.465 e. The highest BCUT2D eigenvalue weighted by Crippen LogP contribution is 2.24. The van der Waals surface area contributed by atoms with E-state index in [0.717, 1.165) is 6.42 Å². The molecule has 0 aliphatic heterocycles. The van der Waals surface area contributed by atoms with Gasteiger partial charge < -0.3 is 10.5 Å². The number of hydrogen-bond acceptors (Lipinski definition) is 3. The standard InChI is InChI=1S/C12H25NO2/c1-6-15-11(14)12(13,10(4)5)8-7-9(2)3/h9-10H,6-8,13H2,1-5H3. The Morgan fingerprint density at radius 1 is 1.33 bits per heavy atom. The zero-order valence-corrected chi connectivity index (χ0v) is 10.7. The summed E-state index contributed by atoms with van der Waals surface area (Å²) in [5.74, 6) is 0.400. The van der Waals surface area contributed by atoms with E-state index in [1.165, 1.54) is 0 Å². The highest BCUT2D eigenvalue weighted by Gasteiger charge is 2.38. The van der Waals surface area contributed by atoms with Crippen molar-refractivity contribution < 1.29 is 9.53 Å². The predicted molar refractivity (Wildman–Crippen MR) is 62.5 cm³/mol. The summed E-state index contributed by atoms with van der Waals surface area (Å²) < 4.78 is 5.04. The molecular formula is C12H25NO2. The van der Waals surface area contributed by atoms with Crippen molar-refractivity contribution in [2.75, 3.05) is 6.61 Å². The van der Waals surface area contributed by atoms with Crippen LogP contribution in [0.1, 0.15) is 47.5 Å². The monoisotopic (exact) mass is 215 g/mol. The van der Waals surface area contributed by atoms with Gasteiger partial charge in [-0.1, -0.05) is 27.7 Å². The van der Waals surface area contributed by atoms with Gasteiger partial charge in [-0.05, 0) is 31.6 Å². The minimum atomic E-state index is -0.819. The lowest BCUT2D eigenvalue weighted by Gasteiger charge is -2.31. The first-order valence-electron chi connectivity index (χ1n) is 5.80. The number of hydrogen-bond donors (Lipinski definition) is 1. The van der Waals surface area contributed by atoms with Crippen molar-refractivity contribution in [2.24, 2.45) is 17.6 Å². The van der Waals surface area contributed by atoms with E-state index < -0.39 is 5.54 Å². The molecule has 3 heteroatoms. The van der Waals surface area contributed by atoms with Gasteiger partial charge in [0.25, 0.3) is 0 Å². The Balaban J connectivity index is 4.51. The SMILES string of the molecule is CCOC(=O)C(N)(CCC(C)C)C(C)C. The van der Waals surface area contributed by atoms with E-state index in [2.05, 4.69) is 13.8 Å². The Bertz CT molecular complexity index is 202. The van der Waals surface area contributed by atoms with Gasteiger partial charge in [0.1, 0.15) is 5.54 Å². The van der Waals surface area contributed by atoms with E-state index in [9.17, 15) is 4.79 Å². The average molecular weight is 215 g/mol. The normalized spacial score (nSPS) is 15.5. The predicted octanol–water partition coefficient (Wildman–Crippen LogP) is 2.34. The summed E-state index contributed by atoms with van der Waals surface area (Å²) in [5.41, 5.74) is 5.33. The lowest BCUT2D eigenvalue weighted by molar-refractivity contribution is -0.152. The van der Waals surface area contributed by atoms with Gasteiger partial charge in [-0.25, -0.2) is 0 Å². The molecular weight excluding hydrogens is 190 g/mol. The van der Waals surface area contributed by atoms with Crippen molar-refractivity contribution in [3.05, 3.63) is 0 Å². The quantitative estimate of drug-likeness (QED) is 0.692. The summed E-state index contributed by atoms with van der Waals surface area (Å²) in [5, 5.41) is 0. The molecule has 2 N–H and O–H groups in total. The molecule has 0 amide bonds. The first-order chi connectivity index (χ1) is 6.84. The Morgan fingerprint density at radius 2 is 1.87 bits per heavy atom. The number of carbonyl (C=O) groups excluding carboxylic acids is 1. The number of ether oxygens (including phenoxy) is 1. The Hall–Kier alpha value is -0.570. The Labute approximate surface area is 93.4 Å². The van der Waals surface area contributed by atoms with Crippen LogP contribution in [0.2, 0.25) is 0 Å². The lowest BCUT2D eigenvalue weighted by atomic mass is 9.81. The van der Waals surface area contributed by atoms with Crippen molar-refractivity contribution in [1.29, 1.82) is 0 Å². The summed E-state index contributed by atoms with van der Waals surface area (Å²) in [4.78, 5) is 11.8. The van der Waals surface area contributed by atoms with Crippen LogP contribution < -0.4 is 5.73 Å². The maximum Gasteiger partial charge on any atom is 0.326 e. The molecule has 0 saturated heterocycles. The second kappa shape index (κ2) is 6.11. The van der Waals surface area contributed by atoms with Crippen LogP contribution in [-0.2, 0) is 9.53 Å². The van der Waals surface area contributed by atoms with Gasteiger partial charge in [0.2, 0.25) is 0 Å². The Kier molecular flexibility index (Phi) is 5.88. The van der Waals surface area contributed by atoms with E-state index in [1.807, 2.05) is 13.8 Å². The van der Waals surface area contributed by atoms with Crippen LogP contribution in [0.25, 0.3) is 0 Å². The number of rotatable bonds is 6. The van der Waals surface area contributed by atoms with Crippen LogP contribution in [-0.4, -0.2) is 18.1 Å². The number of esters is 1. The van der Waals surface area contributed by atoms with Crippen LogP contribution in [0.4, 0.5) is 0 Å². The van der Waals surface area contributed by atoms with Gasteiger partial charge in [0.15, 0.2) is 0 Å². The van der Waals surface area contributed by atoms with Crippen LogP contribution in [0.3, 0.4) is 0 Å². The third-order valence-corrected chi connectivity index (χ3v) is 2.82. The van der Waals surface area contributed by atoms with Crippen LogP contribution in [0.5, 0.6) is 0 Å². The molecule has 0 saturated carbocycles. The summed E-state index contributed by atoms with van der Waals surface area (Å²) in [6.07, 6.45) is 1.65. The molecule has 0 aromatic rings. The van der Waals surface area contributed by atoms with Crippen molar-refractivity contribution >= 4 is 5.97 Å². The molecule has 1 atom stereocenters. The highest BCUT2D eigenvalue weighted by atomic mass is 16.5. The molecule has 90 valence electrons. The van der Waals surface area contributed by atoms with E-state index in [0.29, 0.717) is 18.9 Å². The summed E-state index contributed by atoms with van der Waals surface area (Å²) in [6, 6.07) is 0. The molecule has 0 aromatic carbocycles. The summed E-state index contributed by atoms with van der Waals surface area (Å²) in [6.45, 7) is 10.4. The first-order valence-corrected chi connectivity index (χ1v) is 5.80. The van der Waals surface area contributed by atoms with Crippen molar-refractivity contribution in [3.63, 3.8) is 0 Å². The Morgan fingerprint density at radius 3 is 2.20 bits per heavy atom. The topological polar surface area (TPSA) is 52.3 Å². The maximum absolute atomic E-state index is 11.8. The summed E-state index contributed by atoms with van der Waals surface area (Å²) in [7, 11) is 0. The van der Waals surface area contributed by atoms with Gasteiger partial charge in [0, 0.05) is 0 Å². The zero-order chi connectivity index (χ0) is 12.1. The minimum absolute atomic E-state index is 0.107. The maximum atomic E-state index is 11.8. The zero-order valence-electron chi connectivity index (χ0n) is 10.7. The molecule has 1 unspecified atom stereocenters. The molecule has 0 bridgehead atoms. The molecule has 0 spiro atoms. The van der Waals surface area contributed by atoms with Crippen molar-refractivity contribution in [1.82, 2.24) is 0 Å². The molecule has 0 fully saturated rings. The molecule has 3 nitrogen and oxygen atoms in total. The van der Waals surface area contributed by atoms with Gasteiger partial charge in [-0.3, -0.25) is 4.79 Å². The second-order valence-electron chi connectivity index (χ2n) is 4.85. The summed E-state index contributed by atoms with van der Waals surface area (Å²) >= 11 is 0. The highest BCUT2D eigenvalue weighted by molar-refractivity contribution is 5.80. The minimum Gasteiger partial charge on any atom is -0.465 e. The van der Waals surface area contributed by atoms with Gasteiger partial charge in [-0.15, -0.1) is 0 Å². The van der Waals surface area contributed by atoms with Crippen molar-refractivity contribution in [2.45, 2.75) is 53.0 Å². The second-order valence-corrected chi connectivity index (χ2v) is 4.85. The smallest absolute Gasteiger partial charge is 0.326 e. The van der Waals surface area contributed by atoms with E-state index >= 15 is 0 Å². The fraction of sp³-hybridized carbons (Fsp3) is 0.917. The van der Waals surface area contributed by atoms with Gasteiger partial charge >= 0.3 is 5.97 Å². The van der Waals surface area contributed by atoms with E-state index in [4.69, 9.17) is 10.5 Å². The van der Waals surface area contributed by atoms with Gasteiger partial charge in [-0.2, -0.15) is 0 Å². The molecule has 0 aliphatic rings. The van der Waals surface area contributed by atoms with Crippen LogP contribution >= 0.6 is 0 Å². The third kappa shape index (κ3) is 4.20. The van der Waals surface area contributed by atoms with Crippen molar-refractivity contribution in [3.8, 4) is 0 Å². The number of nitrogens with two attached hydrogens (primary N) is 1. The van der Waals surface area contributed by atoms with E-state index in [1.54, 1.807) is 6.92 Å². The molecule has 15 heavy (non-hydrogen) atoms. The number of carbonyl (C=O) groups is 1. The lowest BCUT2D eigenvalue weighted by Crippen LogP contribution is -2.53. The fourth-order valence-electron chi connectivity index (χ4n) is 1.42. The van der Waals surface area contributed by atoms with Crippen LogP contribution in [0, 0.1) is 11.8 Å². The first kappa shape index (κ1) is 14.4.